The number of nitrogen functional groups attached to an aromatic ring is 1. The highest BCUT2D eigenvalue weighted by Crippen LogP contribution is 2.20. The van der Waals surface area contributed by atoms with E-state index in [1.54, 1.807) is 4.57 Å². The van der Waals surface area contributed by atoms with E-state index in [-0.39, 0.29) is 23.7 Å². The number of amides is 1. The van der Waals surface area contributed by atoms with Crippen molar-refractivity contribution in [3.05, 3.63) is 0 Å². The lowest BCUT2D eigenvalue weighted by Gasteiger charge is -2.13. The van der Waals surface area contributed by atoms with Crippen LogP contribution in [0.3, 0.4) is 0 Å². The lowest BCUT2D eigenvalue weighted by Crippen LogP contribution is -2.30. The molecule has 1 amide bonds. The van der Waals surface area contributed by atoms with Crippen LogP contribution in [0.5, 0.6) is 0 Å². The summed E-state index contributed by atoms with van der Waals surface area (Å²) in [4.78, 5) is 21.6. The van der Waals surface area contributed by atoms with Crippen LogP contribution in [-0.2, 0) is 16.1 Å². The Labute approximate surface area is 107 Å². The van der Waals surface area contributed by atoms with Crippen LogP contribution in [-0.4, -0.2) is 43.5 Å². The van der Waals surface area contributed by atoms with Gasteiger partial charge in [-0.05, 0) is 6.42 Å². The fraction of sp³-hybridized carbons (Fsp3) is 0.556. The van der Waals surface area contributed by atoms with Crippen LogP contribution in [0.1, 0.15) is 12.8 Å². The van der Waals surface area contributed by atoms with Crippen molar-refractivity contribution in [2.75, 3.05) is 11.5 Å². The third-order valence-electron chi connectivity index (χ3n) is 2.56. The Morgan fingerprint density at radius 2 is 2.39 bits per heavy atom. The average molecular weight is 271 g/mol. The summed E-state index contributed by atoms with van der Waals surface area (Å²) in [6.45, 7) is 0.465. The summed E-state index contributed by atoms with van der Waals surface area (Å²) in [6.07, 6.45) is 1.24. The predicted molar refractivity (Wildman–Crippen MR) is 64.0 cm³/mol. The second-order valence-corrected chi connectivity index (χ2v) is 4.88. The molecule has 1 fully saturated rings. The van der Waals surface area contributed by atoms with Gasteiger partial charge in [-0.25, -0.2) is 0 Å². The van der Waals surface area contributed by atoms with Crippen molar-refractivity contribution in [1.29, 1.82) is 0 Å². The summed E-state index contributed by atoms with van der Waals surface area (Å²) in [5, 5.41) is 19.4. The number of thioether (sulfide) groups is 1. The first-order chi connectivity index (χ1) is 8.56. The Morgan fingerprint density at radius 1 is 1.61 bits per heavy atom. The third kappa shape index (κ3) is 2.92. The van der Waals surface area contributed by atoms with E-state index in [2.05, 4.69) is 15.5 Å². The maximum Gasteiger partial charge on any atom is 0.313 e. The summed E-state index contributed by atoms with van der Waals surface area (Å²) in [6, 6.07) is -0.0000203. The van der Waals surface area contributed by atoms with Crippen LogP contribution in [0.15, 0.2) is 5.16 Å². The Morgan fingerprint density at radius 3 is 3.00 bits per heavy atom. The molecule has 9 heteroatoms. The summed E-state index contributed by atoms with van der Waals surface area (Å²) in [7, 11) is 0. The third-order valence-corrected chi connectivity index (χ3v) is 3.51. The number of aromatic nitrogens is 3. The lowest BCUT2D eigenvalue weighted by atomic mass is 10.2. The molecule has 1 atom stereocenters. The second kappa shape index (κ2) is 5.25. The van der Waals surface area contributed by atoms with Crippen molar-refractivity contribution < 1.29 is 14.7 Å². The zero-order valence-corrected chi connectivity index (χ0v) is 10.3. The van der Waals surface area contributed by atoms with Gasteiger partial charge in [-0.1, -0.05) is 11.8 Å². The number of hydrogen-bond donors (Lipinski definition) is 3. The average Bonchev–Trinajstić information content (AvgIpc) is 2.85. The number of nitrogens with one attached hydrogen (secondary N) is 1. The molecular weight excluding hydrogens is 258 g/mol. The number of carbonyl (C=O) groups excluding carboxylic acids is 1. The van der Waals surface area contributed by atoms with E-state index in [1.165, 1.54) is 0 Å². The van der Waals surface area contributed by atoms with Gasteiger partial charge in [0.1, 0.15) is 0 Å². The Bertz CT molecular complexity index is 475. The van der Waals surface area contributed by atoms with Crippen molar-refractivity contribution in [1.82, 2.24) is 20.1 Å². The minimum atomic E-state index is -0.928. The molecule has 1 saturated heterocycles. The van der Waals surface area contributed by atoms with E-state index in [0.717, 1.165) is 18.2 Å². The Balaban J connectivity index is 2.04. The molecular formula is C9H13N5O3S. The maximum absolute atomic E-state index is 11.1. The summed E-state index contributed by atoms with van der Waals surface area (Å²) >= 11 is 1.06. The first kappa shape index (κ1) is 12.7. The molecule has 1 aromatic heterocycles. The fourth-order valence-corrected chi connectivity index (χ4v) is 2.41. The monoisotopic (exact) mass is 271 g/mol. The molecule has 1 aliphatic rings. The largest absolute Gasteiger partial charge is 0.481 e. The van der Waals surface area contributed by atoms with Gasteiger partial charge in [0.2, 0.25) is 11.9 Å². The number of anilines is 1. The zero-order chi connectivity index (χ0) is 13.1. The maximum atomic E-state index is 11.1. The van der Waals surface area contributed by atoms with E-state index >= 15 is 0 Å². The molecule has 2 rings (SSSR count). The minimum Gasteiger partial charge on any atom is -0.481 e. The highest BCUT2D eigenvalue weighted by Gasteiger charge is 2.23. The molecule has 1 unspecified atom stereocenters. The minimum absolute atomic E-state index is 0.0000203. The summed E-state index contributed by atoms with van der Waals surface area (Å²) < 4.78 is 1.63. The van der Waals surface area contributed by atoms with Gasteiger partial charge < -0.3 is 16.2 Å². The van der Waals surface area contributed by atoms with E-state index in [1.807, 2.05) is 0 Å². The molecule has 4 N–H and O–H groups in total. The number of carbonyl (C=O) groups is 2. The normalized spacial score (nSPS) is 18.9. The van der Waals surface area contributed by atoms with Crippen LogP contribution in [0.4, 0.5) is 5.95 Å². The number of hydrogen-bond acceptors (Lipinski definition) is 6. The Hall–Kier alpha value is -1.77. The van der Waals surface area contributed by atoms with Crippen molar-refractivity contribution in [3.8, 4) is 0 Å². The second-order valence-electron chi connectivity index (χ2n) is 3.94. The molecule has 2 heterocycles. The number of rotatable bonds is 5. The van der Waals surface area contributed by atoms with Gasteiger partial charge in [-0.3, -0.25) is 14.2 Å². The summed E-state index contributed by atoms with van der Waals surface area (Å²) in [5.74, 6) is -0.785. The molecule has 98 valence electrons. The first-order valence-electron chi connectivity index (χ1n) is 5.39. The molecule has 1 aromatic rings. The molecule has 0 bridgehead atoms. The molecule has 8 nitrogen and oxygen atoms in total. The molecule has 0 spiro atoms. The molecule has 0 aromatic carbocycles. The standard InChI is InChI=1S/C9H13N5O3S/c10-8-12-13-9(18-4-7(16)17)14(8)3-5-1-2-6(15)11-5/h5H,1-4H2,(H2,10,12)(H,11,15)(H,16,17). The van der Waals surface area contributed by atoms with Crippen molar-refractivity contribution >= 4 is 29.6 Å². The lowest BCUT2D eigenvalue weighted by molar-refractivity contribution is -0.133. The molecule has 0 radical (unpaired) electrons. The SMILES string of the molecule is Nc1nnc(SCC(=O)O)n1CC1CCC(=O)N1. The van der Waals surface area contributed by atoms with Crippen LogP contribution in [0.25, 0.3) is 0 Å². The van der Waals surface area contributed by atoms with Crippen LogP contribution in [0.2, 0.25) is 0 Å². The number of aliphatic carboxylic acids is 1. The molecule has 1 aliphatic heterocycles. The quantitative estimate of drug-likeness (QED) is 0.606. The van der Waals surface area contributed by atoms with E-state index in [0.29, 0.717) is 18.1 Å². The van der Waals surface area contributed by atoms with Gasteiger partial charge in [0.05, 0.1) is 5.75 Å². The number of carboxylic acids is 1. The van der Waals surface area contributed by atoms with Gasteiger partial charge >= 0.3 is 5.97 Å². The van der Waals surface area contributed by atoms with Crippen LogP contribution in [0, 0.1) is 0 Å². The van der Waals surface area contributed by atoms with Gasteiger partial charge in [-0.2, -0.15) is 0 Å². The molecule has 18 heavy (non-hydrogen) atoms. The Kier molecular flexibility index (Phi) is 3.70. The van der Waals surface area contributed by atoms with Crippen LogP contribution >= 0.6 is 11.8 Å². The summed E-state index contributed by atoms with van der Waals surface area (Å²) in [5.41, 5.74) is 5.68. The highest BCUT2D eigenvalue weighted by molar-refractivity contribution is 7.99. The number of carboxylic acid groups (broad SMARTS) is 1. The fourth-order valence-electron chi connectivity index (χ4n) is 1.74. The van der Waals surface area contributed by atoms with Crippen LogP contribution < -0.4 is 11.1 Å². The van der Waals surface area contributed by atoms with E-state index < -0.39 is 5.97 Å². The topological polar surface area (TPSA) is 123 Å². The number of nitrogens with zero attached hydrogens (tertiary/aromatic N) is 3. The van der Waals surface area contributed by atoms with Crippen molar-refractivity contribution in [3.63, 3.8) is 0 Å². The van der Waals surface area contributed by atoms with Gasteiger partial charge in [0, 0.05) is 19.0 Å². The van der Waals surface area contributed by atoms with Crippen molar-refractivity contribution in [2.24, 2.45) is 0 Å². The van der Waals surface area contributed by atoms with Crippen molar-refractivity contribution in [2.45, 2.75) is 30.6 Å². The van der Waals surface area contributed by atoms with Gasteiger partial charge in [0.15, 0.2) is 5.16 Å². The molecule has 0 aliphatic carbocycles. The van der Waals surface area contributed by atoms with Gasteiger partial charge in [-0.15, -0.1) is 10.2 Å². The van der Waals surface area contributed by atoms with Gasteiger partial charge in [0.25, 0.3) is 0 Å². The highest BCUT2D eigenvalue weighted by atomic mass is 32.2. The predicted octanol–water partition coefficient (Wildman–Crippen LogP) is -0.684. The smallest absolute Gasteiger partial charge is 0.313 e. The number of nitrogens with two attached hydrogens (primary N) is 1. The first-order valence-corrected chi connectivity index (χ1v) is 6.37. The van der Waals surface area contributed by atoms with E-state index in [9.17, 15) is 9.59 Å². The van der Waals surface area contributed by atoms with E-state index in [4.69, 9.17) is 10.8 Å². The molecule has 0 saturated carbocycles. The zero-order valence-electron chi connectivity index (χ0n) is 9.50.